The van der Waals surface area contributed by atoms with Crippen LogP contribution in [0.5, 0.6) is 0 Å². The van der Waals surface area contributed by atoms with Crippen molar-refractivity contribution in [3.63, 3.8) is 0 Å². The van der Waals surface area contributed by atoms with E-state index >= 15 is 0 Å². The lowest BCUT2D eigenvalue weighted by molar-refractivity contribution is -0.184. The average Bonchev–Trinajstić information content (AvgIpc) is 2.25. The van der Waals surface area contributed by atoms with Crippen molar-refractivity contribution in [3.8, 4) is 0 Å². The molecule has 0 saturated carbocycles. The molecule has 0 aliphatic carbocycles. The lowest BCUT2D eigenvalue weighted by atomic mass is 9.95. The van der Waals surface area contributed by atoms with Crippen LogP contribution in [0.4, 0.5) is 0 Å². The molecule has 0 amide bonds. The molecule has 0 fully saturated rings. The zero-order chi connectivity index (χ0) is 12.8. The van der Waals surface area contributed by atoms with Crippen molar-refractivity contribution in [2.75, 3.05) is 19.8 Å². The topological polar surface area (TPSA) is 104 Å². The van der Waals surface area contributed by atoms with Gasteiger partial charge in [-0.15, -0.1) is 0 Å². The maximum atomic E-state index is 9.68. The van der Waals surface area contributed by atoms with Crippen molar-refractivity contribution < 1.29 is 25.6 Å². The van der Waals surface area contributed by atoms with Crippen molar-refractivity contribution >= 4 is 0 Å². The molecule has 2 atom stereocenters. The maximum absolute atomic E-state index is 9.68. The molecule has 0 bridgehead atoms. The Morgan fingerprint density at radius 1 is 1.06 bits per heavy atom. The normalized spacial score (nSPS) is 16.5. The van der Waals surface area contributed by atoms with E-state index in [4.69, 9.17) is 10.2 Å². The molecule has 0 aromatic heterocycles. The minimum absolute atomic E-state index is 0.0568. The Labute approximate surface area is 95.7 Å². The van der Waals surface area contributed by atoms with Crippen molar-refractivity contribution in [2.24, 2.45) is 0 Å². The van der Waals surface area contributed by atoms with E-state index in [0.717, 1.165) is 5.06 Å². The molecule has 6 heteroatoms. The smallest absolute Gasteiger partial charge is 0.0920 e. The second kappa shape index (κ2) is 7.16. The van der Waals surface area contributed by atoms with Crippen molar-refractivity contribution in [1.82, 2.24) is 5.06 Å². The molecule has 16 heavy (non-hydrogen) atoms. The van der Waals surface area contributed by atoms with Crippen LogP contribution in [0.1, 0.15) is 26.7 Å². The van der Waals surface area contributed by atoms with Gasteiger partial charge in [0.15, 0.2) is 0 Å². The lowest BCUT2D eigenvalue weighted by Crippen LogP contribution is -2.46. The highest BCUT2D eigenvalue weighted by Crippen LogP contribution is 2.20. The van der Waals surface area contributed by atoms with Crippen LogP contribution in [0.3, 0.4) is 0 Å². The summed E-state index contributed by atoms with van der Waals surface area (Å²) >= 11 is 0. The average molecular weight is 237 g/mol. The van der Waals surface area contributed by atoms with E-state index in [-0.39, 0.29) is 13.2 Å². The second-order valence-corrected chi connectivity index (χ2v) is 4.61. The summed E-state index contributed by atoms with van der Waals surface area (Å²) in [5.41, 5.74) is -0.633. The first kappa shape index (κ1) is 15.8. The van der Waals surface area contributed by atoms with Crippen molar-refractivity contribution in [1.29, 1.82) is 0 Å². The van der Waals surface area contributed by atoms with Gasteiger partial charge in [0.05, 0.1) is 32.0 Å². The fourth-order valence-electron chi connectivity index (χ4n) is 1.24. The molecular weight excluding hydrogens is 214 g/mol. The summed E-state index contributed by atoms with van der Waals surface area (Å²) in [4.78, 5) is 0. The summed E-state index contributed by atoms with van der Waals surface area (Å²) in [6, 6.07) is 0. The predicted molar refractivity (Wildman–Crippen MR) is 58.0 cm³/mol. The molecule has 98 valence electrons. The molecule has 2 unspecified atom stereocenters. The number of β-amino-alcohol motifs (C(OH)–C–C–N with tert-alkyl or cyclic N) is 1. The molecule has 0 heterocycles. The molecule has 0 aliphatic heterocycles. The fourth-order valence-corrected chi connectivity index (χ4v) is 1.24. The third-order valence-electron chi connectivity index (χ3n) is 2.59. The Balaban J connectivity index is 4.09. The number of aliphatic hydroxyl groups excluding tert-OH is 4. The number of nitrogens with zero attached hydrogens (tertiary/aromatic N) is 1. The molecule has 0 rings (SSSR count). The highest BCUT2D eigenvalue weighted by molar-refractivity contribution is 4.78. The zero-order valence-electron chi connectivity index (χ0n) is 9.87. The minimum Gasteiger partial charge on any atom is -0.394 e. The highest BCUT2D eigenvalue weighted by atomic mass is 16.5. The van der Waals surface area contributed by atoms with Crippen LogP contribution >= 0.6 is 0 Å². The maximum Gasteiger partial charge on any atom is 0.0920 e. The summed E-state index contributed by atoms with van der Waals surface area (Å²) < 4.78 is 0. The molecule has 0 radical (unpaired) electrons. The van der Waals surface area contributed by atoms with E-state index in [1.54, 1.807) is 13.8 Å². The van der Waals surface area contributed by atoms with Gasteiger partial charge in [-0.25, -0.2) is 0 Å². The van der Waals surface area contributed by atoms with E-state index in [1.165, 1.54) is 0 Å². The van der Waals surface area contributed by atoms with E-state index in [9.17, 15) is 15.4 Å². The van der Waals surface area contributed by atoms with Crippen molar-refractivity contribution in [2.45, 2.75) is 44.4 Å². The molecule has 0 spiro atoms. The van der Waals surface area contributed by atoms with Crippen LogP contribution in [0.2, 0.25) is 0 Å². The van der Waals surface area contributed by atoms with Crippen LogP contribution < -0.4 is 0 Å². The molecular formula is C10H23NO5. The summed E-state index contributed by atoms with van der Waals surface area (Å²) in [5, 5.41) is 46.3. The molecule has 0 aliphatic rings. The molecule has 0 aromatic carbocycles. The van der Waals surface area contributed by atoms with Gasteiger partial charge in [-0.05, 0) is 26.7 Å². The first-order valence-corrected chi connectivity index (χ1v) is 5.38. The summed E-state index contributed by atoms with van der Waals surface area (Å²) in [6.45, 7) is 2.73. The number of rotatable bonds is 8. The quantitative estimate of drug-likeness (QED) is 0.345. The third-order valence-corrected chi connectivity index (χ3v) is 2.59. The molecule has 6 nitrogen and oxygen atoms in total. The monoisotopic (exact) mass is 237 g/mol. The van der Waals surface area contributed by atoms with E-state index in [0.29, 0.717) is 12.8 Å². The van der Waals surface area contributed by atoms with Crippen LogP contribution in [-0.4, -0.2) is 68.2 Å². The predicted octanol–water partition coefficient (Wildman–Crippen LogP) is -1.06. The van der Waals surface area contributed by atoms with E-state index in [2.05, 4.69) is 0 Å². The van der Waals surface area contributed by atoms with E-state index in [1.807, 2.05) is 0 Å². The van der Waals surface area contributed by atoms with Gasteiger partial charge in [0.2, 0.25) is 0 Å². The highest BCUT2D eigenvalue weighted by Gasteiger charge is 2.27. The van der Waals surface area contributed by atoms with Gasteiger partial charge >= 0.3 is 0 Å². The molecule has 0 aromatic rings. The Hall–Kier alpha value is -0.240. The Morgan fingerprint density at radius 2 is 1.56 bits per heavy atom. The Morgan fingerprint density at radius 3 is 2.00 bits per heavy atom. The van der Waals surface area contributed by atoms with Gasteiger partial charge in [-0.2, -0.15) is 5.06 Å². The van der Waals surface area contributed by atoms with Crippen LogP contribution in [-0.2, 0) is 0 Å². The first-order valence-electron chi connectivity index (χ1n) is 5.38. The molecule has 5 N–H and O–H groups in total. The van der Waals surface area contributed by atoms with Crippen molar-refractivity contribution in [3.05, 3.63) is 0 Å². The Bertz CT molecular complexity index is 188. The van der Waals surface area contributed by atoms with Gasteiger partial charge in [-0.3, -0.25) is 0 Å². The van der Waals surface area contributed by atoms with Crippen LogP contribution in [0.25, 0.3) is 0 Å². The lowest BCUT2D eigenvalue weighted by Gasteiger charge is -2.35. The summed E-state index contributed by atoms with van der Waals surface area (Å²) in [6.07, 6.45) is -0.971. The second-order valence-electron chi connectivity index (χ2n) is 4.61. The zero-order valence-corrected chi connectivity index (χ0v) is 9.87. The van der Waals surface area contributed by atoms with Crippen LogP contribution in [0.15, 0.2) is 0 Å². The van der Waals surface area contributed by atoms with Gasteiger partial charge in [0.25, 0.3) is 0 Å². The standard InChI is InChI=1S/C10H23NO5/c1-10(2,4-3-8(14)6-12)11(16)5-9(15)7-13/h8-9,12-16H,3-7H2,1-2H3. The Kier molecular flexibility index (Phi) is 7.05. The van der Waals surface area contributed by atoms with E-state index < -0.39 is 24.4 Å². The summed E-state index contributed by atoms with van der Waals surface area (Å²) in [5.74, 6) is 0. The molecule has 0 saturated heterocycles. The minimum atomic E-state index is -0.993. The number of hydrogen-bond donors (Lipinski definition) is 5. The number of hydrogen-bond acceptors (Lipinski definition) is 6. The van der Waals surface area contributed by atoms with Gasteiger partial charge in [0.1, 0.15) is 0 Å². The SMILES string of the molecule is CC(C)(CCC(O)CO)N(O)CC(O)CO. The van der Waals surface area contributed by atoms with Gasteiger partial charge < -0.3 is 25.6 Å². The number of hydroxylamine groups is 2. The fraction of sp³-hybridized carbons (Fsp3) is 1.00. The summed E-state index contributed by atoms with van der Waals surface area (Å²) in [7, 11) is 0. The van der Waals surface area contributed by atoms with Crippen LogP contribution in [0, 0.1) is 0 Å². The largest absolute Gasteiger partial charge is 0.394 e. The third kappa shape index (κ3) is 5.74. The number of aliphatic hydroxyl groups is 4. The first-order chi connectivity index (χ1) is 7.33. The van der Waals surface area contributed by atoms with Gasteiger partial charge in [0, 0.05) is 5.54 Å². The van der Waals surface area contributed by atoms with Gasteiger partial charge in [-0.1, -0.05) is 0 Å².